The van der Waals surface area contributed by atoms with Gasteiger partial charge in [-0.1, -0.05) is 0 Å². The highest BCUT2D eigenvalue weighted by molar-refractivity contribution is 5.41. The van der Waals surface area contributed by atoms with Gasteiger partial charge >= 0.3 is 0 Å². The van der Waals surface area contributed by atoms with Crippen LogP contribution in [0.1, 0.15) is 11.7 Å². The average Bonchev–Trinajstić information content (AvgIpc) is 2.26. The molecule has 5 heteroatoms. The van der Waals surface area contributed by atoms with Crippen LogP contribution in [0, 0.1) is 0 Å². The molecular formula is C10H14O5. The maximum absolute atomic E-state index is 9.62. The third-order valence-electron chi connectivity index (χ3n) is 2.09. The molecule has 0 heterocycles. The van der Waals surface area contributed by atoms with E-state index in [1.807, 2.05) is 0 Å². The molecule has 0 fully saturated rings. The van der Waals surface area contributed by atoms with Crippen LogP contribution in [0.25, 0.3) is 0 Å². The minimum atomic E-state index is -1.27. The molecule has 0 amide bonds. The number of aromatic hydroxyl groups is 1. The summed E-state index contributed by atoms with van der Waals surface area (Å²) in [5.74, 6) is 0.260. The van der Waals surface area contributed by atoms with Gasteiger partial charge in [0.25, 0.3) is 0 Å². The Morgan fingerprint density at radius 1 is 1.33 bits per heavy atom. The summed E-state index contributed by atoms with van der Waals surface area (Å²) in [6.45, 7) is -0.550. The molecule has 2 atom stereocenters. The molecule has 1 aromatic rings. The smallest absolute Gasteiger partial charge is 0.128 e. The molecule has 5 nitrogen and oxygen atoms in total. The zero-order chi connectivity index (χ0) is 11.4. The SMILES string of the molecule is COc1cc(O)ccc1C(O)C(O)CO. The number of aliphatic hydroxyl groups is 3. The van der Waals surface area contributed by atoms with Crippen molar-refractivity contribution in [3.8, 4) is 11.5 Å². The van der Waals surface area contributed by atoms with Crippen molar-refractivity contribution in [3.63, 3.8) is 0 Å². The van der Waals surface area contributed by atoms with E-state index in [1.54, 1.807) is 0 Å². The molecule has 0 bridgehead atoms. The molecule has 0 aliphatic carbocycles. The average molecular weight is 214 g/mol. The number of phenolic OH excluding ortho intramolecular Hbond substituents is 1. The first-order valence-corrected chi connectivity index (χ1v) is 4.44. The monoisotopic (exact) mass is 214 g/mol. The van der Waals surface area contributed by atoms with Crippen LogP contribution in [-0.2, 0) is 0 Å². The van der Waals surface area contributed by atoms with Crippen molar-refractivity contribution in [2.45, 2.75) is 12.2 Å². The van der Waals surface area contributed by atoms with E-state index in [-0.39, 0.29) is 11.5 Å². The van der Waals surface area contributed by atoms with E-state index in [2.05, 4.69) is 0 Å². The van der Waals surface area contributed by atoms with Crippen LogP contribution in [0.15, 0.2) is 18.2 Å². The minimum Gasteiger partial charge on any atom is -0.508 e. The third kappa shape index (κ3) is 2.59. The van der Waals surface area contributed by atoms with E-state index in [9.17, 15) is 15.3 Å². The maximum Gasteiger partial charge on any atom is 0.128 e. The first kappa shape index (κ1) is 11.8. The second-order valence-corrected chi connectivity index (χ2v) is 3.12. The summed E-state index contributed by atoms with van der Waals surface area (Å²) >= 11 is 0. The fourth-order valence-electron chi connectivity index (χ4n) is 1.25. The van der Waals surface area contributed by atoms with Crippen LogP contribution in [0.5, 0.6) is 11.5 Å². The summed E-state index contributed by atoms with van der Waals surface area (Å²) in [5.41, 5.74) is 0.317. The normalized spacial score (nSPS) is 14.7. The highest BCUT2D eigenvalue weighted by atomic mass is 16.5. The van der Waals surface area contributed by atoms with Crippen molar-refractivity contribution >= 4 is 0 Å². The molecule has 0 aliphatic rings. The number of benzene rings is 1. The molecule has 1 rings (SSSR count). The van der Waals surface area contributed by atoms with Crippen molar-refractivity contribution in [2.24, 2.45) is 0 Å². The minimum absolute atomic E-state index is 0.00119. The van der Waals surface area contributed by atoms with E-state index in [1.165, 1.54) is 25.3 Å². The van der Waals surface area contributed by atoms with Gasteiger partial charge < -0.3 is 25.2 Å². The molecule has 0 radical (unpaired) electrons. The molecule has 1 aromatic carbocycles. The quantitative estimate of drug-likeness (QED) is 0.556. The number of methoxy groups -OCH3 is 1. The largest absolute Gasteiger partial charge is 0.508 e. The molecule has 0 aliphatic heterocycles. The zero-order valence-corrected chi connectivity index (χ0v) is 8.29. The summed E-state index contributed by atoms with van der Waals surface area (Å²) < 4.78 is 4.93. The van der Waals surface area contributed by atoms with Gasteiger partial charge in [0.2, 0.25) is 0 Å². The molecule has 4 N–H and O–H groups in total. The predicted molar refractivity (Wildman–Crippen MR) is 52.7 cm³/mol. The molecule has 0 spiro atoms. The van der Waals surface area contributed by atoms with E-state index < -0.39 is 18.8 Å². The second kappa shape index (κ2) is 4.97. The lowest BCUT2D eigenvalue weighted by Gasteiger charge is -2.18. The Kier molecular flexibility index (Phi) is 3.90. The Morgan fingerprint density at radius 3 is 2.53 bits per heavy atom. The Labute approximate surface area is 87.2 Å². The topological polar surface area (TPSA) is 90.2 Å². The Balaban J connectivity index is 3.02. The second-order valence-electron chi connectivity index (χ2n) is 3.12. The van der Waals surface area contributed by atoms with Gasteiger partial charge in [0.05, 0.1) is 13.7 Å². The molecule has 0 saturated heterocycles. The van der Waals surface area contributed by atoms with Crippen molar-refractivity contribution in [3.05, 3.63) is 23.8 Å². The van der Waals surface area contributed by atoms with Crippen LogP contribution in [0.3, 0.4) is 0 Å². The lowest BCUT2D eigenvalue weighted by molar-refractivity contribution is -0.0162. The number of rotatable bonds is 4. The number of phenols is 1. The summed E-state index contributed by atoms with van der Waals surface area (Å²) in [6, 6.07) is 4.12. The van der Waals surface area contributed by atoms with Crippen molar-refractivity contribution in [2.75, 3.05) is 13.7 Å². The van der Waals surface area contributed by atoms with Crippen LogP contribution in [0.4, 0.5) is 0 Å². The van der Waals surface area contributed by atoms with Crippen LogP contribution < -0.4 is 4.74 Å². The summed E-state index contributed by atoms with van der Waals surface area (Å²) in [4.78, 5) is 0. The van der Waals surface area contributed by atoms with E-state index in [0.29, 0.717) is 5.56 Å². The number of aliphatic hydroxyl groups excluding tert-OH is 3. The molecule has 0 aromatic heterocycles. The van der Waals surface area contributed by atoms with E-state index in [4.69, 9.17) is 9.84 Å². The van der Waals surface area contributed by atoms with E-state index in [0.717, 1.165) is 0 Å². The molecule has 2 unspecified atom stereocenters. The van der Waals surface area contributed by atoms with Gasteiger partial charge in [0, 0.05) is 11.6 Å². The van der Waals surface area contributed by atoms with Crippen molar-refractivity contribution in [1.29, 1.82) is 0 Å². The van der Waals surface area contributed by atoms with E-state index >= 15 is 0 Å². The summed E-state index contributed by atoms with van der Waals surface area (Å²) in [6.07, 6.45) is -2.52. The molecule has 0 saturated carbocycles. The standard InChI is InChI=1S/C10H14O5/c1-15-9-4-6(12)2-3-7(9)10(14)8(13)5-11/h2-4,8,10-14H,5H2,1H3. The fraction of sp³-hybridized carbons (Fsp3) is 0.400. The van der Waals surface area contributed by atoms with Gasteiger partial charge in [0.15, 0.2) is 0 Å². The zero-order valence-electron chi connectivity index (χ0n) is 8.29. The number of ether oxygens (including phenoxy) is 1. The van der Waals surface area contributed by atoms with Crippen molar-refractivity contribution in [1.82, 2.24) is 0 Å². The van der Waals surface area contributed by atoms with Crippen LogP contribution in [-0.4, -0.2) is 40.2 Å². The Morgan fingerprint density at radius 2 is 2.00 bits per heavy atom. The molecule has 15 heavy (non-hydrogen) atoms. The van der Waals surface area contributed by atoms with Gasteiger partial charge in [-0.25, -0.2) is 0 Å². The van der Waals surface area contributed by atoms with Gasteiger partial charge in [-0.2, -0.15) is 0 Å². The number of hydrogen-bond acceptors (Lipinski definition) is 5. The Hall–Kier alpha value is -1.30. The van der Waals surface area contributed by atoms with Gasteiger partial charge in [-0.05, 0) is 12.1 Å². The number of hydrogen-bond donors (Lipinski definition) is 4. The van der Waals surface area contributed by atoms with Crippen LogP contribution in [0.2, 0.25) is 0 Å². The first-order valence-electron chi connectivity index (χ1n) is 4.44. The van der Waals surface area contributed by atoms with Gasteiger partial charge in [-0.3, -0.25) is 0 Å². The lowest BCUT2D eigenvalue weighted by atomic mass is 10.0. The molecular weight excluding hydrogens is 200 g/mol. The van der Waals surface area contributed by atoms with Crippen molar-refractivity contribution < 1.29 is 25.2 Å². The fourth-order valence-corrected chi connectivity index (χ4v) is 1.25. The van der Waals surface area contributed by atoms with Crippen LogP contribution >= 0.6 is 0 Å². The summed E-state index contributed by atoms with van der Waals surface area (Å²) in [5, 5.41) is 36.7. The Bertz CT molecular complexity index is 326. The molecule has 84 valence electrons. The highest BCUT2D eigenvalue weighted by Crippen LogP contribution is 2.30. The maximum atomic E-state index is 9.62. The third-order valence-corrected chi connectivity index (χ3v) is 2.09. The van der Waals surface area contributed by atoms with Gasteiger partial charge in [0.1, 0.15) is 23.7 Å². The first-order chi connectivity index (χ1) is 7.10. The summed E-state index contributed by atoms with van der Waals surface area (Å²) in [7, 11) is 1.39. The highest BCUT2D eigenvalue weighted by Gasteiger charge is 2.21. The van der Waals surface area contributed by atoms with Gasteiger partial charge in [-0.15, -0.1) is 0 Å². The lowest BCUT2D eigenvalue weighted by Crippen LogP contribution is -2.22. The predicted octanol–water partition coefficient (Wildman–Crippen LogP) is -0.213.